The minimum absolute atomic E-state index is 0.00393. The number of amides is 1. The second kappa shape index (κ2) is 9.50. The van der Waals surface area contributed by atoms with Gasteiger partial charge in [0.15, 0.2) is 0 Å². The molecule has 36 heavy (non-hydrogen) atoms. The van der Waals surface area contributed by atoms with E-state index in [1.165, 1.54) is 6.42 Å². The molecular formula is C31H29N3O2. The zero-order chi connectivity index (χ0) is 24.5. The molecule has 0 aliphatic heterocycles. The Bertz CT molecular complexity index is 1590. The molecular weight excluding hydrogens is 446 g/mol. The van der Waals surface area contributed by atoms with Gasteiger partial charge in [0.1, 0.15) is 5.69 Å². The topological polar surface area (TPSA) is 66.9 Å². The summed E-state index contributed by atoms with van der Waals surface area (Å²) in [4.78, 5) is 31.8. The van der Waals surface area contributed by atoms with Crippen molar-refractivity contribution in [3.8, 4) is 11.1 Å². The van der Waals surface area contributed by atoms with Crippen LogP contribution in [0.5, 0.6) is 0 Å². The number of nitrogens with one attached hydrogen (secondary N) is 2. The van der Waals surface area contributed by atoms with Crippen molar-refractivity contribution in [1.29, 1.82) is 0 Å². The van der Waals surface area contributed by atoms with Gasteiger partial charge in [0, 0.05) is 28.9 Å². The van der Waals surface area contributed by atoms with Crippen LogP contribution < -0.4 is 10.9 Å². The molecule has 5 nitrogen and oxygen atoms in total. The van der Waals surface area contributed by atoms with Gasteiger partial charge in [-0.25, -0.2) is 0 Å². The van der Waals surface area contributed by atoms with Crippen molar-refractivity contribution < 1.29 is 4.79 Å². The number of benzene rings is 3. The van der Waals surface area contributed by atoms with E-state index in [1.807, 2.05) is 89.5 Å². The fraction of sp³-hybridized carbons (Fsp3) is 0.226. The van der Waals surface area contributed by atoms with Gasteiger partial charge in [-0.05, 0) is 30.0 Å². The molecule has 2 N–H and O–H groups in total. The number of hydrogen-bond acceptors (Lipinski definition) is 2. The molecule has 0 saturated heterocycles. The number of carbonyl (C=O) groups is 1. The summed E-state index contributed by atoms with van der Waals surface area (Å²) in [7, 11) is 0. The summed E-state index contributed by atoms with van der Waals surface area (Å²) in [5, 5.41) is 4.89. The maximum Gasteiger partial charge on any atom is 0.269 e. The summed E-state index contributed by atoms with van der Waals surface area (Å²) in [5.41, 5.74) is 4.53. The Morgan fingerprint density at radius 2 is 1.53 bits per heavy atom. The number of nitrogens with zero attached hydrogens (tertiary/aromatic N) is 1. The number of fused-ring (bicyclic) bond motifs is 3. The number of para-hydroxylation sites is 1. The van der Waals surface area contributed by atoms with E-state index in [2.05, 4.69) is 10.3 Å². The quantitative estimate of drug-likeness (QED) is 0.301. The highest BCUT2D eigenvalue weighted by Gasteiger charge is 2.29. The summed E-state index contributed by atoms with van der Waals surface area (Å²) in [5.74, 6) is -0.212. The van der Waals surface area contributed by atoms with Gasteiger partial charge in [0.2, 0.25) is 0 Å². The lowest BCUT2D eigenvalue weighted by Gasteiger charge is -2.28. The van der Waals surface area contributed by atoms with Crippen molar-refractivity contribution >= 4 is 27.7 Å². The van der Waals surface area contributed by atoms with Gasteiger partial charge < -0.3 is 10.3 Å². The molecule has 180 valence electrons. The maximum absolute atomic E-state index is 14.3. The molecule has 1 saturated carbocycles. The molecule has 1 aliphatic rings. The summed E-state index contributed by atoms with van der Waals surface area (Å²) < 4.78 is 1.82. The molecule has 5 heteroatoms. The first-order chi connectivity index (χ1) is 17.7. The van der Waals surface area contributed by atoms with E-state index in [-0.39, 0.29) is 17.5 Å². The SMILES string of the molecule is O=C(NCc1ccccc1)c1c2c([nH]c3ccccc32)c(-c2ccccc2)c(=O)n1C1CCCCC1. The number of carbonyl (C=O) groups excluding carboxylic acids is 1. The number of pyridine rings is 1. The van der Waals surface area contributed by atoms with Crippen LogP contribution in [0.3, 0.4) is 0 Å². The number of aromatic amines is 1. The van der Waals surface area contributed by atoms with Gasteiger partial charge in [-0.15, -0.1) is 0 Å². The van der Waals surface area contributed by atoms with Crippen LogP contribution in [0.1, 0.15) is 54.2 Å². The molecule has 5 aromatic rings. The number of hydrogen-bond donors (Lipinski definition) is 2. The average Bonchev–Trinajstić information content (AvgIpc) is 3.31. The molecule has 3 aromatic carbocycles. The van der Waals surface area contributed by atoms with Gasteiger partial charge in [-0.2, -0.15) is 0 Å². The molecule has 2 heterocycles. The Hall–Kier alpha value is -4.12. The fourth-order valence-corrected chi connectivity index (χ4v) is 5.67. The third-order valence-electron chi connectivity index (χ3n) is 7.38. The van der Waals surface area contributed by atoms with Crippen molar-refractivity contribution in [2.75, 3.05) is 0 Å². The molecule has 1 fully saturated rings. The Morgan fingerprint density at radius 3 is 2.28 bits per heavy atom. The Balaban J connectivity index is 1.64. The zero-order valence-corrected chi connectivity index (χ0v) is 20.2. The molecule has 6 rings (SSSR count). The lowest BCUT2D eigenvalue weighted by Crippen LogP contribution is -2.36. The minimum atomic E-state index is -0.212. The van der Waals surface area contributed by atoms with Crippen LogP contribution in [0.4, 0.5) is 0 Å². The predicted octanol–water partition coefficient (Wildman–Crippen LogP) is 6.59. The van der Waals surface area contributed by atoms with Crippen LogP contribution in [0.25, 0.3) is 32.9 Å². The van der Waals surface area contributed by atoms with Gasteiger partial charge >= 0.3 is 0 Å². The lowest BCUT2D eigenvalue weighted by atomic mass is 9.93. The van der Waals surface area contributed by atoms with Crippen LogP contribution in [0.15, 0.2) is 89.7 Å². The summed E-state index contributed by atoms with van der Waals surface area (Å²) in [6, 6.07) is 27.7. The van der Waals surface area contributed by atoms with Crippen molar-refractivity contribution in [2.45, 2.75) is 44.7 Å². The van der Waals surface area contributed by atoms with Gasteiger partial charge in [-0.3, -0.25) is 14.2 Å². The third-order valence-corrected chi connectivity index (χ3v) is 7.38. The summed E-state index contributed by atoms with van der Waals surface area (Å²) in [6.45, 7) is 0.406. The summed E-state index contributed by atoms with van der Waals surface area (Å²) in [6.07, 6.45) is 5.10. The highest BCUT2D eigenvalue weighted by Crippen LogP contribution is 2.37. The van der Waals surface area contributed by atoms with Crippen LogP contribution in [0, 0.1) is 0 Å². The lowest BCUT2D eigenvalue weighted by molar-refractivity contribution is 0.0938. The number of aromatic nitrogens is 2. The van der Waals surface area contributed by atoms with E-state index < -0.39 is 0 Å². The maximum atomic E-state index is 14.3. The average molecular weight is 476 g/mol. The molecule has 1 amide bonds. The van der Waals surface area contributed by atoms with E-state index in [9.17, 15) is 9.59 Å². The number of H-pyrrole nitrogens is 1. The van der Waals surface area contributed by atoms with E-state index in [0.717, 1.165) is 58.6 Å². The van der Waals surface area contributed by atoms with Gasteiger partial charge in [-0.1, -0.05) is 98.1 Å². The smallest absolute Gasteiger partial charge is 0.269 e. The largest absolute Gasteiger partial charge is 0.354 e. The summed E-state index contributed by atoms with van der Waals surface area (Å²) >= 11 is 0. The molecule has 0 spiro atoms. The predicted molar refractivity (Wildman–Crippen MR) is 145 cm³/mol. The van der Waals surface area contributed by atoms with E-state index >= 15 is 0 Å². The van der Waals surface area contributed by atoms with Gasteiger partial charge in [0.05, 0.1) is 11.1 Å². The fourth-order valence-electron chi connectivity index (χ4n) is 5.67. The molecule has 0 radical (unpaired) electrons. The molecule has 0 bridgehead atoms. The monoisotopic (exact) mass is 475 g/mol. The highest BCUT2D eigenvalue weighted by molar-refractivity contribution is 6.19. The molecule has 1 aliphatic carbocycles. The van der Waals surface area contributed by atoms with Crippen molar-refractivity contribution in [3.63, 3.8) is 0 Å². The first-order valence-electron chi connectivity index (χ1n) is 12.8. The second-order valence-corrected chi connectivity index (χ2v) is 9.65. The first-order valence-corrected chi connectivity index (χ1v) is 12.8. The first kappa shape index (κ1) is 22.4. The van der Waals surface area contributed by atoms with Gasteiger partial charge in [0.25, 0.3) is 11.5 Å². The van der Waals surface area contributed by atoms with Crippen molar-refractivity contribution in [2.24, 2.45) is 0 Å². The van der Waals surface area contributed by atoms with Crippen LogP contribution in [0.2, 0.25) is 0 Å². The second-order valence-electron chi connectivity index (χ2n) is 9.65. The van der Waals surface area contributed by atoms with Crippen molar-refractivity contribution in [1.82, 2.24) is 14.9 Å². The Labute approximate surface area is 209 Å². The van der Waals surface area contributed by atoms with E-state index in [4.69, 9.17) is 0 Å². The standard InChI is InChI=1S/C31H29N3O2/c35-30(32-20-21-12-4-1-5-13-21)29-27-24-18-10-11-19-25(24)33-28(27)26(22-14-6-2-7-15-22)31(36)34(29)23-16-8-3-9-17-23/h1-2,4-7,10-15,18-19,23,33H,3,8-9,16-17,20H2,(H,32,35). The molecule has 2 aromatic heterocycles. The molecule has 0 unspecified atom stereocenters. The van der Waals surface area contributed by atoms with Crippen LogP contribution >= 0.6 is 0 Å². The van der Waals surface area contributed by atoms with E-state index in [0.29, 0.717) is 17.8 Å². The van der Waals surface area contributed by atoms with Crippen LogP contribution in [-0.4, -0.2) is 15.5 Å². The third kappa shape index (κ3) is 3.91. The highest BCUT2D eigenvalue weighted by atomic mass is 16.2. The zero-order valence-electron chi connectivity index (χ0n) is 20.2. The van der Waals surface area contributed by atoms with E-state index in [1.54, 1.807) is 0 Å². The number of rotatable bonds is 5. The normalized spacial score (nSPS) is 14.3. The molecule has 0 atom stereocenters. The Morgan fingerprint density at radius 1 is 0.861 bits per heavy atom. The Kier molecular flexibility index (Phi) is 5.90. The van der Waals surface area contributed by atoms with Crippen molar-refractivity contribution in [3.05, 3.63) is 107 Å². The minimum Gasteiger partial charge on any atom is -0.354 e. The van der Waals surface area contributed by atoms with Crippen LogP contribution in [-0.2, 0) is 6.54 Å².